The van der Waals surface area contributed by atoms with Crippen molar-refractivity contribution in [1.82, 2.24) is 5.32 Å². The van der Waals surface area contributed by atoms with Gasteiger partial charge in [0.15, 0.2) is 0 Å². The maximum atomic E-state index is 12.3. The van der Waals surface area contributed by atoms with Crippen LogP contribution >= 0.6 is 11.8 Å². The second kappa shape index (κ2) is 12.5. The van der Waals surface area contributed by atoms with Crippen molar-refractivity contribution in [2.24, 2.45) is 0 Å². The summed E-state index contributed by atoms with van der Waals surface area (Å²) in [4.78, 5) is 34.4. The lowest BCUT2D eigenvalue weighted by atomic mass is 10.1. The number of carboxylic acid groups (broad SMARTS) is 2. The van der Waals surface area contributed by atoms with Crippen molar-refractivity contribution >= 4 is 35.3 Å². The molecule has 32 heavy (non-hydrogen) atoms. The molecule has 3 rings (SSSR count). The molecule has 8 nitrogen and oxygen atoms in total. The number of anilines is 1. The molecule has 2 aromatic rings. The molecule has 1 aliphatic rings. The Labute approximate surface area is 190 Å². The van der Waals surface area contributed by atoms with Crippen LogP contribution in [0.2, 0.25) is 0 Å². The number of ether oxygens (including phenoxy) is 1. The van der Waals surface area contributed by atoms with Gasteiger partial charge in [-0.2, -0.15) is 0 Å². The second-order valence-corrected chi connectivity index (χ2v) is 7.80. The van der Waals surface area contributed by atoms with E-state index in [1.807, 2.05) is 54.4 Å². The van der Waals surface area contributed by atoms with Crippen molar-refractivity contribution in [2.45, 2.75) is 23.6 Å². The third-order valence-electron chi connectivity index (χ3n) is 4.32. The first-order valence-corrected chi connectivity index (χ1v) is 10.8. The largest absolute Gasteiger partial charge is 0.493 e. The lowest BCUT2D eigenvalue weighted by molar-refractivity contribution is -0.134. The Morgan fingerprint density at radius 3 is 2.31 bits per heavy atom. The van der Waals surface area contributed by atoms with Gasteiger partial charge in [0.2, 0.25) is 5.91 Å². The molecule has 0 radical (unpaired) electrons. The van der Waals surface area contributed by atoms with Gasteiger partial charge in [-0.25, -0.2) is 9.59 Å². The van der Waals surface area contributed by atoms with Crippen molar-refractivity contribution in [3.63, 3.8) is 0 Å². The molecule has 1 atom stereocenters. The quantitative estimate of drug-likeness (QED) is 0.406. The summed E-state index contributed by atoms with van der Waals surface area (Å²) in [6.07, 6.45) is 2.06. The standard InChI is InChI=1S/C19H22N2O2S.C4H4O4/c1-14(22)21-16-9-4-6-11-18(16)24-19(21)15-8-3-5-10-17(15)23-13-7-12-20-2;5-3(6)1-2-4(7)8/h3-6,8-11,19-20H,7,12-13H2,1-2H3;1-2H,(H,5,6)(H,7,8). The summed E-state index contributed by atoms with van der Waals surface area (Å²) in [6.45, 7) is 3.19. The molecule has 170 valence electrons. The summed E-state index contributed by atoms with van der Waals surface area (Å²) in [7, 11) is 1.94. The minimum atomic E-state index is -1.26. The van der Waals surface area contributed by atoms with Crippen LogP contribution in [0.15, 0.2) is 65.6 Å². The topological polar surface area (TPSA) is 116 Å². The third-order valence-corrected chi connectivity index (χ3v) is 5.61. The van der Waals surface area contributed by atoms with E-state index in [0.29, 0.717) is 18.8 Å². The van der Waals surface area contributed by atoms with Gasteiger partial charge in [-0.15, -0.1) is 0 Å². The van der Waals surface area contributed by atoms with Gasteiger partial charge in [-0.3, -0.25) is 9.69 Å². The SMILES string of the molecule is CNCCCOc1ccccc1C1Sc2ccccc2N1C(C)=O.O=C(O)C=CC(=O)O. The number of benzene rings is 2. The lowest BCUT2D eigenvalue weighted by Gasteiger charge is -2.25. The van der Waals surface area contributed by atoms with Crippen molar-refractivity contribution in [1.29, 1.82) is 0 Å². The van der Waals surface area contributed by atoms with Gasteiger partial charge in [0.25, 0.3) is 0 Å². The van der Waals surface area contributed by atoms with E-state index < -0.39 is 11.9 Å². The van der Waals surface area contributed by atoms with Gasteiger partial charge >= 0.3 is 11.9 Å². The average molecular weight is 459 g/mol. The van der Waals surface area contributed by atoms with Crippen LogP contribution in [-0.2, 0) is 14.4 Å². The van der Waals surface area contributed by atoms with E-state index in [1.54, 1.807) is 18.7 Å². The highest BCUT2D eigenvalue weighted by molar-refractivity contribution is 8.00. The van der Waals surface area contributed by atoms with Crippen molar-refractivity contribution in [2.75, 3.05) is 25.1 Å². The van der Waals surface area contributed by atoms with Crippen LogP contribution in [0, 0.1) is 0 Å². The number of para-hydroxylation sites is 2. The van der Waals surface area contributed by atoms with Crippen molar-refractivity contribution < 1.29 is 29.3 Å². The predicted octanol–water partition coefficient (Wildman–Crippen LogP) is 3.54. The minimum Gasteiger partial charge on any atom is -0.493 e. The fraction of sp³-hybridized carbons (Fsp3) is 0.261. The van der Waals surface area contributed by atoms with E-state index in [0.717, 1.165) is 34.9 Å². The van der Waals surface area contributed by atoms with Crippen LogP contribution in [0.5, 0.6) is 5.75 Å². The zero-order valence-corrected chi connectivity index (χ0v) is 18.7. The molecule has 2 aromatic carbocycles. The maximum Gasteiger partial charge on any atom is 0.328 e. The van der Waals surface area contributed by atoms with E-state index >= 15 is 0 Å². The summed E-state index contributed by atoms with van der Waals surface area (Å²) in [6, 6.07) is 16.0. The van der Waals surface area contributed by atoms with Crippen LogP contribution in [0.3, 0.4) is 0 Å². The highest BCUT2D eigenvalue weighted by atomic mass is 32.2. The van der Waals surface area contributed by atoms with Crippen LogP contribution in [0.4, 0.5) is 5.69 Å². The monoisotopic (exact) mass is 458 g/mol. The van der Waals surface area contributed by atoms with Gasteiger partial charge in [-0.05, 0) is 38.2 Å². The second-order valence-electron chi connectivity index (χ2n) is 6.68. The Bertz CT molecular complexity index is 962. The number of amides is 1. The molecule has 9 heteroatoms. The van der Waals surface area contributed by atoms with Crippen LogP contribution in [-0.4, -0.2) is 48.3 Å². The van der Waals surface area contributed by atoms with Crippen LogP contribution in [0.25, 0.3) is 0 Å². The van der Waals surface area contributed by atoms with Crippen LogP contribution in [0.1, 0.15) is 24.3 Å². The first kappa shape index (κ1) is 25.0. The zero-order chi connectivity index (χ0) is 23.5. The number of carbonyl (C=O) groups excluding carboxylic acids is 1. The minimum absolute atomic E-state index is 0.0439. The number of fused-ring (bicyclic) bond motifs is 1. The summed E-state index contributed by atoms with van der Waals surface area (Å²) in [5, 5.41) is 18.7. The normalized spacial score (nSPS) is 14.4. The smallest absolute Gasteiger partial charge is 0.328 e. The summed E-state index contributed by atoms with van der Waals surface area (Å²) >= 11 is 1.70. The Hall–Kier alpha value is -3.30. The summed E-state index contributed by atoms with van der Waals surface area (Å²) < 4.78 is 5.99. The van der Waals surface area contributed by atoms with Crippen molar-refractivity contribution in [3.05, 3.63) is 66.2 Å². The Morgan fingerprint density at radius 2 is 1.69 bits per heavy atom. The number of hydrogen-bond acceptors (Lipinski definition) is 6. The van der Waals surface area contributed by atoms with Gasteiger partial charge in [0, 0.05) is 29.5 Å². The van der Waals surface area contributed by atoms with Gasteiger partial charge in [0.05, 0.1) is 12.3 Å². The lowest BCUT2D eigenvalue weighted by Crippen LogP contribution is -2.28. The first-order valence-electron chi connectivity index (χ1n) is 9.91. The number of carbonyl (C=O) groups is 3. The average Bonchev–Trinajstić information content (AvgIpc) is 3.16. The third kappa shape index (κ3) is 7.14. The fourth-order valence-electron chi connectivity index (χ4n) is 2.98. The molecular formula is C23H26N2O6S. The Balaban J connectivity index is 0.000000390. The van der Waals surface area contributed by atoms with Gasteiger partial charge < -0.3 is 20.3 Å². The van der Waals surface area contributed by atoms with E-state index in [4.69, 9.17) is 14.9 Å². The number of rotatable bonds is 8. The maximum absolute atomic E-state index is 12.3. The highest BCUT2D eigenvalue weighted by Gasteiger charge is 2.35. The van der Waals surface area contributed by atoms with E-state index in [-0.39, 0.29) is 11.3 Å². The Morgan fingerprint density at radius 1 is 1.06 bits per heavy atom. The number of aliphatic carboxylic acids is 2. The van der Waals surface area contributed by atoms with E-state index in [9.17, 15) is 14.4 Å². The number of hydrogen-bond donors (Lipinski definition) is 3. The molecule has 0 bridgehead atoms. The zero-order valence-electron chi connectivity index (χ0n) is 17.9. The molecule has 0 aromatic heterocycles. The molecule has 1 aliphatic heterocycles. The summed E-state index contributed by atoms with van der Waals surface area (Å²) in [5.41, 5.74) is 2.02. The molecule has 0 aliphatic carbocycles. The number of carboxylic acids is 2. The molecule has 1 amide bonds. The molecule has 0 fully saturated rings. The molecule has 1 unspecified atom stereocenters. The number of nitrogens with zero attached hydrogens (tertiary/aromatic N) is 1. The number of thioether (sulfide) groups is 1. The molecule has 0 spiro atoms. The molecular weight excluding hydrogens is 432 g/mol. The van der Waals surface area contributed by atoms with Crippen molar-refractivity contribution in [3.8, 4) is 5.75 Å². The van der Waals surface area contributed by atoms with Crippen LogP contribution < -0.4 is 15.0 Å². The fourth-order valence-corrected chi connectivity index (χ4v) is 4.36. The molecule has 0 saturated carbocycles. The first-order chi connectivity index (χ1) is 15.3. The van der Waals surface area contributed by atoms with E-state index in [2.05, 4.69) is 11.4 Å². The Kier molecular flexibility index (Phi) is 9.77. The molecule has 1 heterocycles. The van der Waals surface area contributed by atoms with Gasteiger partial charge in [-0.1, -0.05) is 42.1 Å². The van der Waals surface area contributed by atoms with Gasteiger partial charge in [0.1, 0.15) is 11.1 Å². The number of nitrogens with one attached hydrogen (secondary N) is 1. The highest BCUT2D eigenvalue weighted by Crippen LogP contribution is 2.52. The van der Waals surface area contributed by atoms with E-state index in [1.165, 1.54) is 0 Å². The molecule has 0 saturated heterocycles. The molecule has 3 N–H and O–H groups in total. The predicted molar refractivity (Wildman–Crippen MR) is 123 cm³/mol. The summed E-state index contributed by atoms with van der Waals surface area (Å²) in [5.74, 6) is -1.62.